The Kier molecular flexibility index (Phi) is 6.26. The summed E-state index contributed by atoms with van der Waals surface area (Å²) in [7, 11) is 0. The van der Waals surface area contributed by atoms with Gasteiger partial charge in [0.1, 0.15) is 5.69 Å². The van der Waals surface area contributed by atoms with E-state index < -0.39 is 0 Å². The predicted molar refractivity (Wildman–Crippen MR) is 135 cm³/mol. The summed E-state index contributed by atoms with van der Waals surface area (Å²) in [5.41, 5.74) is 6.12. The van der Waals surface area contributed by atoms with Crippen LogP contribution in [-0.4, -0.2) is 63.1 Å². The maximum atomic E-state index is 6.19. The number of fused-ring (bicyclic) bond motifs is 1. The molecule has 0 saturated carbocycles. The van der Waals surface area contributed by atoms with E-state index in [1.807, 2.05) is 42.6 Å². The van der Waals surface area contributed by atoms with Crippen LogP contribution in [0.1, 0.15) is 13.8 Å². The van der Waals surface area contributed by atoms with Gasteiger partial charge in [0, 0.05) is 48.8 Å². The van der Waals surface area contributed by atoms with E-state index in [-0.39, 0.29) is 0 Å². The van der Waals surface area contributed by atoms with Gasteiger partial charge in [-0.1, -0.05) is 23.7 Å². The molecule has 1 aromatic carbocycles. The molecule has 4 heterocycles. The molecule has 1 saturated heterocycles. The van der Waals surface area contributed by atoms with Crippen LogP contribution >= 0.6 is 11.6 Å². The van der Waals surface area contributed by atoms with Gasteiger partial charge in [-0.15, -0.1) is 0 Å². The van der Waals surface area contributed by atoms with Crippen LogP contribution in [0.4, 0.5) is 5.69 Å². The fourth-order valence-electron chi connectivity index (χ4n) is 4.57. The molecule has 5 rings (SSSR count). The predicted octanol–water partition coefficient (Wildman–Crippen LogP) is 4.43. The second-order valence-electron chi connectivity index (χ2n) is 8.75. The standard InChI is InChI=1S/C25H28ClN7/c1-16-13-33(14-17(2)31-16)9-8-27-20-11-23-21(28-12-20)6-7-22(32-23)25-24(29-15-30-25)18-4-3-5-19(26)10-18/h3-7,10-12,15-17,27,31H,8-9,13-14H2,1-2H3,(H,29,30). The number of piperazine rings is 1. The monoisotopic (exact) mass is 461 g/mol. The van der Waals surface area contributed by atoms with Gasteiger partial charge < -0.3 is 15.6 Å². The highest BCUT2D eigenvalue weighted by molar-refractivity contribution is 6.30. The van der Waals surface area contributed by atoms with Crippen molar-refractivity contribution in [2.24, 2.45) is 0 Å². The highest BCUT2D eigenvalue weighted by Gasteiger charge is 2.20. The van der Waals surface area contributed by atoms with Crippen molar-refractivity contribution >= 4 is 28.3 Å². The van der Waals surface area contributed by atoms with Crippen LogP contribution < -0.4 is 10.6 Å². The van der Waals surface area contributed by atoms with Crippen LogP contribution in [0.5, 0.6) is 0 Å². The van der Waals surface area contributed by atoms with Gasteiger partial charge in [-0.25, -0.2) is 9.97 Å². The Morgan fingerprint density at radius 3 is 2.73 bits per heavy atom. The lowest BCUT2D eigenvalue weighted by molar-refractivity contribution is 0.179. The molecule has 8 heteroatoms. The summed E-state index contributed by atoms with van der Waals surface area (Å²) in [5, 5.41) is 7.77. The molecular formula is C25H28ClN7. The lowest BCUT2D eigenvalue weighted by atomic mass is 10.1. The van der Waals surface area contributed by atoms with Crippen LogP contribution in [0.25, 0.3) is 33.7 Å². The number of nitrogens with zero attached hydrogens (tertiary/aromatic N) is 4. The molecule has 0 bridgehead atoms. The van der Waals surface area contributed by atoms with Crippen molar-refractivity contribution < 1.29 is 0 Å². The molecule has 3 aromatic heterocycles. The summed E-state index contributed by atoms with van der Waals surface area (Å²) in [6.45, 7) is 8.49. The van der Waals surface area contributed by atoms with Crippen LogP contribution in [0, 0.1) is 0 Å². The largest absolute Gasteiger partial charge is 0.382 e. The minimum Gasteiger partial charge on any atom is -0.382 e. The summed E-state index contributed by atoms with van der Waals surface area (Å²) in [4.78, 5) is 19.7. The third-order valence-corrected chi connectivity index (χ3v) is 6.16. The molecule has 170 valence electrons. The van der Waals surface area contributed by atoms with Gasteiger partial charge >= 0.3 is 0 Å². The third-order valence-electron chi connectivity index (χ3n) is 5.92. The number of rotatable bonds is 6. The summed E-state index contributed by atoms with van der Waals surface area (Å²) < 4.78 is 0. The molecule has 2 atom stereocenters. The number of hydrogen-bond donors (Lipinski definition) is 3. The fourth-order valence-corrected chi connectivity index (χ4v) is 4.76. The van der Waals surface area contributed by atoms with Gasteiger partial charge in [0.25, 0.3) is 0 Å². The van der Waals surface area contributed by atoms with Crippen molar-refractivity contribution in [3.63, 3.8) is 0 Å². The highest BCUT2D eigenvalue weighted by atomic mass is 35.5. The molecule has 1 aliphatic rings. The van der Waals surface area contributed by atoms with E-state index in [9.17, 15) is 0 Å². The number of H-pyrrole nitrogens is 1. The Balaban J connectivity index is 1.33. The summed E-state index contributed by atoms with van der Waals surface area (Å²) in [6, 6.07) is 14.8. The first-order chi connectivity index (χ1) is 16.0. The molecule has 33 heavy (non-hydrogen) atoms. The Morgan fingerprint density at radius 1 is 1.06 bits per heavy atom. The van der Waals surface area contributed by atoms with E-state index in [2.05, 4.69) is 50.4 Å². The van der Waals surface area contributed by atoms with E-state index in [4.69, 9.17) is 16.6 Å². The first kappa shape index (κ1) is 21.8. The normalized spacial score (nSPS) is 19.1. The Labute approximate surface area is 198 Å². The zero-order chi connectivity index (χ0) is 22.8. The van der Waals surface area contributed by atoms with Gasteiger partial charge in [-0.3, -0.25) is 9.88 Å². The van der Waals surface area contributed by atoms with Crippen molar-refractivity contribution in [1.29, 1.82) is 0 Å². The maximum absolute atomic E-state index is 6.19. The summed E-state index contributed by atoms with van der Waals surface area (Å²) in [5.74, 6) is 0. The maximum Gasteiger partial charge on any atom is 0.114 e. The molecular weight excluding hydrogens is 434 g/mol. The minimum atomic E-state index is 0.526. The molecule has 0 radical (unpaired) electrons. The van der Waals surface area contributed by atoms with Gasteiger partial charge in [-0.05, 0) is 44.2 Å². The number of nitrogens with one attached hydrogen (secondary N) is 3. The van der Waals surface area contributed by atoms with Crippen molar-refractivity contribution in [2.45, 2.75) is 25.9 Å². The first-order valence-electron chi connectivity index (χ1n) is 11.3. The quantitative estimate of drug-likeness (QED) is 0.394. The van der Waals surface area contributed by atoms with Crippen LogP contribution in [-0.2, 0) is 0 Å². The van der Waals surface area contributed by atoms with E-state index >= 15 is 0 Å². The van der Waals surface area contributed by atoms with Gasteiger partial charge in [-0.2, -0.15) is 0 Å². The number of aromatic nitrogens is 4. The number of aromatic amines is 1. The molecule has 0 spiro atoms. The number of benzene rings is 1. The van der Waals surface area contributed by atoms with Crippen molar-refractivity contribution in [3.05, 3.63) is 60.0 Å². The van der Waals surface area contributed by atoms with Crippen molar-refractivity contribution in [3.8, 4) is 22.6 Å². The lowest BCUT2D eigenvalue weighted by Gasteiger charge is -2.36. The average Bonchev–Trinajstić information content (AvgIpc) is 3.28. The molecule has 3 N–H and O–H groups in total. The van der Waals surface area contributed by atoms with Gasteiger partial charge in [0.15, 0.2) is 0 Å². The zero-order valence-electron chi connectivity index (χ0n) is 18.8. The highest BCUT2D eigenvalue weighted by Crippen LogP contribution is 2.30. The van der Waals surface area contributed by atoms with Crippen LogP contribution in [0.2, 0.25) is 5.02 Å². The molecule has 7 nitrogen and oxygen atoms in total. The van der Waals surface area contributed by atoms with Crippen molar-refractivity contribution in [1.82, 2.24) is 30.2 Å². The lowest BCUT2D eigenvalue weighted by Crippen LogP contribution is -2.54. The zero-order valence-corrected chi connectivity index (χ0v) is 19.6. The molecule has 0 amide bonds. The van der Waals surface area contributed by atoms with Crippen LogP contribution in [0.3, 0.4) is 0 Å². The van der Waals surface area contributed by atoms with Crippen LogP contribution in [0.15, 0.2) is 55.0 Å². The third kappa shape index (κ3) is 5.00. The second-order valence-corrected chi connectivity index (χ2v) is 9.19. The van der Waals surface area contributed by atoms with E-state index in [0.29, 0.717) is 17.1 Å². The van der Waals surface area contributed by atoms with E-state index in [1.54, 1.807) is 6.33 Å². The number of hydrogen-bond acceptors (Lipinski definition) is 6. The number of imidazole rings is 1. The SMILES string of the molecule is CC1CN(CCNc2cnc3ccc(-c4nc[nH]c4-c4cccc(Cl)c4)nc3c2)CC(C)N1. The van der Waals surface area contributed by atoms with E-state index in [1.165, 1.54) is 0 Å². The van der Waals surface area contributed by atoms with Gasteiger partial charge in [0.2, 0.25) is 0 Å². The number of anilines is 1. The smallest absolute Gasteiger partial charge is 0.114 e. The Morgan fingerprint density at radius 2 is 1.91 bits per heavy atom. The average molecular weight is 462 g/mol. The van der Waals surface area contributed by atoms with Crippen molar-refractivity contribution in [2.75, 3.05) is 31.5 Å². The molecule has 4 aromatic rings. The summed E-state index contributed by atoms with van der Waals surface area (Å²) in [6.07, 6.45) is 3.56. The van der Waals surface area contributed by atoms with Gasteiger partial charge in [0.05, 0.1) is 40.6 Å². The second kappa shape index (κ2) is 9.47. The molecule has 1 aliphatic heterocycles. The molecule has 0 aliphatic carbocycles. The molecule has 2 unspecified atom stereocenters. The molecule has 1 fully saturated rings. The topological polar surface area (TPSA) is 81.8 Å². The summed E-state index contributed by atoms with van der Waals surface area (Å²) >= 11 is 6.19. The Bertz CT molecular complexity index is 1240. The van der Waals surface area contributed by atoms with E-state index in [0.717, 1.165) is 65.5 Å². The Hall–Kier alpha value is -3.00. The minimum absolute atomic E-state index is 0.526. The number of pyridine rings is 2. The number of halogens is 1. The first-order valence-corrected chi connectivity index (χ1v) is 11.7. The fraction of sp³-hybridized carbons (Fsp3) is 0.320.